The highest BCUT2D eigenvalue weighted by Gasteiger charge is 2.26. The van der Waals surface area contributed by atoms with Crippen molar-refractivity contribution in [3.63, 3.8) is 0 Å². The lowest BCUT2D eigenvalue weighted by Gasteiger charge is -2.30. The van der Waals surface area contributed by atoms with E-state index in [0.717, 1.165) is 31.4 Å². The van der Waals surface area contributed by atoms with E-state index in [2.05, 4.69) is 32.5 Å². The molecule has 4 rings (SSSR count). The summed E-state index contributed by atoms with van der Waals surface area (Å²) >= 11 is 0. The Bertz CT molecular complexity index is 1050. The summed E-state index contributed by atoms with van der Waals surface area (Å²) in [5.74, 6) is 2.38. The lowest BCUT2D eigenvalue weighted by Crippen LogP contribution is -2.43. The average Bonchev–Trinajstić information content (AvgIpc) is 3.32. The molecule has 1 fully saturated rings. The summed E-state index contributed by atoms with van der Waals surface area (Å²) in [4.78, 5) is 19.4. The van der Waals surface area contributed by atoms with Gasteiger partial charge in [0.25, 0.3) is 0 Å². The van der Waals surface area contributed by atoms with Gasteiger partial charge in [-0.1, -0.05) is 35.5 Å². The third kappa shape index (κ3) is 5.90. The van der Waals surface area contributed by atoms with Gasteiger partial charge in [-0.05, 0) is 49.6 Å². The van der Waals surface area contributed by atoms with Crippen LogP contribution in [0.1, 0.15) is 24.3 Å². The number of nitrogens with one attached hydrogen (secondary N) is 1. The maximum atomic E-state index is 12.7. The number of ether oxygens (including phenoxy) is 2. The molecular formula is C25H30N4O4. The minimum Gasteiger partial charge on any atom is -0.493 e. The van der Waals surface area contributed by atoms with Gasteiger partial charge in [-0.15, -0.1) is 0 Å². The van der Waals surface area contributed by atoms with Crippen LogP contribution in [0, 0.1) is 5.92 Å². The second-order valence-corrected chi connectivity index (χ2v) is 8.18. The number of likely N-dealkylation sites (tertiary alicyclic amines) is 1. The number of nitrogens with zero attached hydrogens (tertiary/aromatic N) is 3. The Morgan fingerprint density at radius 2 is 1.97 bits per heavy atom. The number of carbonyl (C=O) groups excluding carboxylic acids is 1. The molecule has 0 bridgehead atoms. The molecule has 2 heterocycles. The molecule has 1 aromatic heterocycles. The lowest BCUT2D eigenvalue weighted by molar-refractivity contribution is -0.126. The average molecular weight is 451 g/mol. The van der Waals surface area contributed by atoms with Gasteiger partial charge in [0.1, 0.15) is 0 Å². The van der Waals surface area contributed by atoms with Gasteiger partial charge in [-0.2, -0.15) is 4.98 Å². The summed E-state index contributed by atoms with van der Waals surface area (Å²) in [7, 11) is 3.19. The van der Waals surface area contributed by atoms with Gasteiger partial charge in [-0.25, -0.2) is 0 Å². The predicted molar refractivity (Wildman–Crippen MR) is 124 cm³/mol. The molecule has 0 saturated carbocycles. The Morgan fingerprint density at radius 3 is 2.76 bits per heavy atom. The summed E-state index contributed by atoms with van der Waals surface area (Å²) in [5.41, 5.74) is 2.02. The highest BCUT2D eigenvalue weighted by molar-refractivity contribution is 5.79. The molecule has 1 saturated heterocycles. The van der Waals surface area contributed by atoms with Gasteiger partial charge in [0.15, 0.2) is 11.5 Å². The van der Waals surface area contributed by atoms with Crippen molar-refractivity contribution in [3.8, 4) is 22.9 Å². The molecule has 1 unspecified atom stereocenters. The molecular weight excluding hydrogens is 420 g/mol. The Morgan fingerprint density at radius 1 is 1.15 bits per heavy atom. The van der Waals surface area contributed by atoms with Crippen molar-refractivity contribution in [1.29, 1.82) is 0 Å². The van der Waals surface area contributed by atoms with E-state index in [1.54, 1.807) is 14.2 Å². The number of piperidine rings is 1. The third-order valence-electron chi connectivity index (χ3n) is 5.90. The van der Waals surface area contributed by atoms with Crippen molar-refractivity contribution in [2.24, 2.45) is 5.92 Å². The number of rotatable bonds is 9. The van der Waals surface area contributed by atoms with Crippen LogP contribution in [0.5, 0.6) is 11.5 Å². The zero-order valence-corrected chi connectivity index (χ0v) is 19.1. The smallest absolute Gasteiger partial charge is 0.241 e. The molecule has 1 amide bonds. The molecule has 1 atom stereocenters. The fourth-order valence-electron chi connectivity index (χ4n) is 4.14. The van der Waals surface area contributed by atoms with Crippen LogP contribution in [-0.2, 0) is 17.8 Å². The number of benzene rings is 2. The van der Waals surface area contributed by atoms with Crippen LogP contribution in [0.4, 0.5) is 0 Å². The first-order chi connectivity index (χ1) is 16.2. The van der Waals surface area contributed by atoms with E-state index in [-0.39, 0.29) is 11.8 Å². The molecule has 3 aromatic rings. The monoisotopic (exact) mass is 450 g/mol. The summed E-state index contributed by atoms with van der Waals surface area (Å²) in [5, 5.41) is 7.21. The minimum atomic E-state index is -0.0252. The fourth-order valence-corrected chi connectivity index (χ4v) is 4.14. The number of hydrogen-bond acceptors (Lipinski definition) is 7. The van der Waals surface area contributed by atoms with E-state index in [0.29, 0.717) is 42.8 Å². The second kappa shape index (κ2) is 11.0. The van der Waals surface area contributed by atoms with Crippen LogP contribution in [0.2, 0.25) is 0 Å². The highest BCUT2D eigenvalue weighted by Crippen LogP contribution is 2.31. The largest absolute Gasteiger partial charge is 0.493 e. The van der Waals surface area contributed by atoms with E-state index in [1.807, 2.05) is 36.4 Å². The Hall–Kier alpha value is -3.39. The molecule has 33 heavy (non-hydrogen) atoms. The van der Waals surface area contributed by atoms with Gasteiger partial charge in [0.2, 0.25) is 17.6 Å². The minimum absolute atomic E-state index is 0.0252. The molecule has 8 nitrogen and oxygen atoms in total. The van der Waals surface area contributed by atoms with Gasteiger partial charge < -0.3 is 19.3 Å². The maximum absolute atomic E-state index is 12.7. The van der Waals surface area contributed by atoms with Crippen LogP contribution < -0.4 is 14.8 Å². The summed E-state index contributed by atoms with van der Waals surface area (Å²) in [6, 6.07) is 15.7. The predicted octanol–water partition coefficient (Wildman–Crippen LogP) is 3.32. The van der Waals surface area contributed by atoms with Crippen molar-refractivity contribution >= 4 is 5.91 Å². The standard InChI is InChI=1S/C25H30N4O4/c1-31-21-11-10-19(15-22(21)32-2)24-27-23(33-28-24)17-29-14-6-9-20(16-29)25(30)26-13-12-18-7-4-3-5-8-18/h3-5,7-8,10-11,15,20H,6,9,12-14,16-17H2,1-2H3,(H,26,30). The number of aromatic nitrogens is 2. The number of carbonyl (C=O) groups is 1. The molecule has 0 aliphatic carbocycles. The maximum Gasteiger partial charge on any atom is 0.241 e. The quantitative estimate of drug-likeness (QED) is 0.535. The summed E-state index contributed by atoms with van der Waals surface area (Å²) in [6.07, 6.45) is 2.70. The van der Waals surface area contributed by atoms with Gasteiger partial charge in [-0.3, -0.25) is 9.69 Å². The van der Waals surface area contributed by atoms with Crippen LogP contribution in [0.15, 0.2) is 53.1 Å². The van der Waals surface area contributed by atoms with E-state index in [9.17, 15) is 4.79 Å². The van der Waals surface area contributed by atoms with Gasteiger partial charge >= 0.3 is 0 Å². The number of amides is 1. The topological polar surface area (TPSA) is 89.7 Å². The third-order valence-corrected chi connectivity index (χ3v) is 5.90. The van der Waals surface area contributed by atoms with Crippen molar-refractivity contribution in [3.05, 3.63) is 60.0 Å². The van der Waals surface area contributed by atoms with Crippen molar-refractivity contribution in [2.75, 3.05) is 33.9 Å². The SMILES string of the molecule is COc1ccc(-c2noc(CN3CCCC(C(=O)NCCc4ccccc4)C3)n2)cc1OC. The van der Waals surface area contributed by atoms with Gasteiger partial charge in [0, 0.05) is 18.7 Å². The lowest BCUT2D eigenvalue weighted by atomic mass is 9.97. The molecule has 0 radical (unpaired) electrons. The zero-order chi connectivity index (χ0) is 23.0. The van der Waals surface area contributed by atoms with E-state index in [1.165, 1.54) is 5.56 Å². The fraction of sp³-hybridized carbons (Fsp3) is 0.400. The molecule has 2 aromatic carbocycles. The molecule has 1 N–H and O–H groups in total. The van der Waals surface area contributed by atoms with Gasteiger partial charge in [0.05, 0.1) is 26.7 Å². The Kier molecular flexibility index (Phi) is 7.57. The number of hydrogen-bond donors (Lipinski definition) is 1. The first kappa shape index (κ1) is 22.8. The second-order valence-electron chi connectivity index (χ2n) is 8.18. The van der Waals surface area contributed by atoms with E-state index < -0.39 is 0 Å². The van der Waals surface area contributed by atoms with Crippen molar-refractivity contribution in [2.45, 2.75) is 25.8 Å². The first-order valence-electron chi connectivity index (χ1n) is 11.2. The molecule has 1 aliphatic rings. The molecule has 174 valence electrons. The Balaban J connectivity index is 1.30. The molecule has 1 aliphatic heterocycles. The van der Waals surface area contributed by atoms with E-state index >= 15 is 0 Å². The van der Waals surface area contributed by atoms with Crippen LogP contribution in [0.25, 0.3) is 11.4 Å². The number of methoxy groups -OCH3 is 2. The molecule has 0 spiro atoms. The van der Waals surface area contributed by atoms with Crippen LogP contribution in [-0.4, -0.2) is 54.8 Å². The summed E-state index contributed by atoms with van der Waals surface area (Å²) < 4.78 is 16.1. The highest BCUT2D eigenvalue weighted by atomic mass is 16.5. The van der Waals surface area contributed by atoms with Crippen molar-refractivity contribution < 1.29 is 18.8 Å². The Labute approximate surface area is 193 Å². The van der Waals surface area contributed by atoms with E-state index in [4.69, 9.17) is 14.0 Å². The van der Waals surface area contributed by atoms with Crippen molar-refractivity contribution in [1.82, 2.24) is 20.4 Å². The summed E-state index contributed by atoms with van der Waals surface area (Å²) in [6.45, 7) is 2.76. The zero-order valence-electron chi connectivity index (χ0n) is 19.1. The normalized spacial score (nSPS) is 16.4. The first-order valence-corrected chi connectivity index (χ1v) is 11.2. The molecule has 8 heteroatoms. The van der Waals surface area contributed by atoms with Crippen LogP contribution >= 0.6 is 0 Å². The van der Waals surface area contributed by atoms with Crippen LogP contribution in [0.3, 0.4) is 0 Å².